The van der Waals surface area contributed by atoms with Crippen molar-refractivity contribution >= 4 is 44.7 Å². The van der Waals surface area contributed by atoms with Crippen LogP contribution in [0.5, 0.6) is 0 Å². The number of nitriles is 1. The van der Waals surface area contributed by atoms with Crippen LogP contribution in [0, 0.1) is 11.3 Å². The van der Waals surface area contributed by atoms with Crippen LogP contribution in [0.15, 0.2) is 36.7 Å². The maximum absolute atomic E-state index is 13.1. The van der Waals surface area contributed by atoms with Crippen LogP contribution in [-0.4, -0.2) is 81.6 Å². The number of benzene rings is 1. The topological polar surface area (TPSA) is 113 Å². The molecule has 0 radical (unpaired) electrons. The van der Waals surface area contributed by atoms with E-state index >= 15 is 0 Å². The summed E-state index contributed by atoms with van der Waals surface area (Å²) < 4.78 is 39.2. The molecule has 6 rings (SSSR count). The van der Waals surface area contributed by atoms with Crippen molar-refractivity contribution in [1.29, 1.82) is 5.26 Å². The summed E-state index contributed by atoms with van der Waals surface area (Å²) >= 11 is 1.04. The molecule has 1 amide bonds. The summed E-state index contributed by atoms with van der Waals surface area (Å²) in [7, 11) is 0. The molecule has 0 saturated carbocycles. The number of carbonyl (C=O) groups is 1. The van der Waals surface area contributed by atoms with Gasteiger partial charge in [0, 0.05) is 66.6 Å². The van der Waals surface area contributed by atoms with Crippen molar-refractivity contribution < 1.29 is 18.0 Å². The summed E-state index contributed by atoms with van der Waals surface area (Å²) in [6.07, 6.45) is -0.244. The minimum absolute atomic E-state index is 0.00679. The molecule has 220 valence electrons. The third-order valence-electron chi connectivity index (χ3n) is 8.16. The number of H-pyrrole nitrogens is 1. The van der Waals surface area contributed by atoms with Crippen molar-refractivity contribution in [2.75, 3.05) is 31.5 Å². The van der Waals surface area contributed by atoms with Crippen LogP contribution in [0.3, 0.4) is 0 Å². The minimum atomic E-state index is -4.29. The van der Waals surface area contributed by atoms with Crippen molar-refractivity contribution in [2.45, 2.75) is 56.5 Å². The van der Waals surface area contributed by atoms with Crippen molar-refractivity contribution in [1.82, 2.24) is 30.1 Å². The van der Waals surface area contributed by atoms with Crippen LogP contribution in [-0.2, 0) is 17.8 Å². The summed E-state index contributed by atoms with van der Waals surface area (Å²) in [5.74, 6) is 0.538. The number of thiophene rings is 1. The van der Waals surface area contributed by atoms with E-state index in [1.165, 1.54) is 6.33 Å². The number of hydrogen-bond donors (Lipinski definition) is 3. The van der Waals surface area contributed by atoms with Crippen molar-refractivity contribution in [3.63, 3.8) is 0 Å². The molecule has 0 bridgehead atoms. The van der Waals surface area contributed by atoms with Crippen LogP contribution in [0.25, 0.3) is 21.1 Å². The second kappa shape index (κ2) is 11.9. The van der Waals surface area contributed by atoms with E-state index in [0.717, 1.165) is 79.7 Å². The number of piperidine rings is 1. The quantitative estimate of drug-likeness (QED) is 0.245. The number of aromatic amines is 1. The van der Waals surface area contributed by atoms with Crippen LogP contribution >= 0.6 is 11.3 Å². The molecule has 3 N–H and O–H groups in total. The van der Waals surface area contributed by atoms with Gasteiger partial charge >= 0.3 is 6.18 Å². The highest BCUT2D eigenvalue weighted by atomic mass is 32.1. The van der Waals surface area contributed by atoms with Crippen molar-refractivity contribution in [3.05, 3.63) is 52.8 Å². The monoisotopic (exact) mass is 596 g/mol. The van der Waals surface area contributed by atoms with Gasteiger partial charge in [-0.05, 0) is 49.1 Å². The number of alkyl halides is 3. The fourth-order valence-corrected chi connectivity index (χ4v) is 7.15. The van der Waals surface area contributed by atoms with Gasteiger partial charge in [0.15, 0.2) is 0 Å². The number of likely N-dealkylation sites (tertiary alicyclic amines) is 2. The molecule has 5 heterocycles. The van der Waals surface area contributed by atoms with Gasteiger partial charge < -0.3 is 20.5 Å². The predicted molar refractivity (Wildman–Crippen MR) is 155 cm³/mol. The number of hydrogen-bond acceptors (Lipinski definition) is 8. The number of amides is 1. The zero-order valence-electron chi connectivity index (χ0n) is 22.8. The minimum Gasteiger partial charge on any atom is -0.365 e. The third kappa shape index (κ3) is 6.35. The Labute approximate surface area is 244 Å². The molecular weight excluding hydrogens is 565 g/mol. The van der Waals surface area contributed by atoms with E-state index in [4.69, 9.17) is 0 Å². The molecule has 1 unspecified atom stereocenters. The highest BCUT2D eigenvalue weighted by Crippen LogP contribution is 2.33. The van der Waals surface area contributed by atoms with Gasteiger partial charge in [0.1, 0.15) is 28.7 Å². The Balaban J connectivity index is 1.20. The number of fused-ring (bicyclic) bond motifs is 2. The summed E-state index contributed by atoms with van der Waals surface area (Å²) in [6.45, 7) is 3.71. The first-order valence-electron chi connectivity index (χ1n) is 14.0. The molecular formula is C29H31F3N8OS. The molecule has 13 heteroatoms. The molecule has 2 saturated heterocycles. The van der Waals surface area contributed by atoms with Gasteiger partial charge in [0.05, 0.1) is 11.8 Å². The Morgan fingerprint density at radius 2 is 2.05 bits per heavy atom. The highest BCUT2D eigenvalue weighted by molar-refractivity contribution is 7.18. The number of rotatable bonds is 9. The molecule has 42 heavy (non-hydrogen) atoms. The molecule has 0 aliphatic carbocycles. The molecule has 1 aromatic carbocycles. The Bertz CT molecular complexity index is 1610. The van der Waals surface area contributed by atoms with Crippen LogP contribution in [0.4, 0.5) is 19.0 Å². The average Bonchev–Trinajstić information content (AvgIpc) is 3.69. The molecule has 2 fully saturated rings. The van der Waals surface area contributed by atoms with Gasteiger partial charge in [-0.1, -0.05) is 6.07 Å². The Hall–Kier alpha value is -3.73. The lowest BCUT2D eigenvalue weighted by Gasteiger charge is -2.40. The predicted octanol–water partition coefficient (Wildman–Crippen LogP) is 4.41. The molecule has 3 atom stereocenters. The Morgan fingerprint density at radius 1 is 1.17 bits per heavy atom. The fraction of sp³-hybridized carbons (Fsp3) is 0.448. The van der Waals surface area contributed by atoms with E-state index in [1.807, 2.05) is 17.0 Å². The third-order valence-corrected chi connectivity index (χ3v) is 9.20. The first kappa shape index (κ1) is 28.4. The maximum atomic E-state index is 13.1. The Kier molecular flexibility index (Phi) is 8.02. The second-order valence-electron chi connectivity index (χ2n) is 11.1. The number of nitrogens with zero attached hydrogens (tertiary/aromatic N) is 5. The van der Waals surface area contributed by atoms with Gasteiger partial charge in [-0.15, -0.1) is 11.3 Å². The fourth-order valence-electron chi connectivity index (χ4n) is 6.13. The lowest BCUT2D eigenvalue weighted by molar-refractivity contribution is -0.126. The average molecular weight is 597 g/mol. The van der Waals surface area contributed by atoms with E-state index in [-0.39, 0.29) is 23.0 Å². The first-order valence-corrected chi connectivity index (χ1v) is 14.8. The highest BCUT2D eigenvalue weighted by Gasteiger charge is 2.33. The number of aromatic nitrogens is 3. The maximum Gasteiger partial charge on any atom is 0.393 e. The van der Waals surface area contributed by atoms with Crippen LogP contribution in [0.1, 0.15) is 35.4 Å². The summed E-state index contributed by atoms with van der Waals surface area (Å²) in [4.78, 5) is 28.2. The first-order chi connectivity index (χ1) is 20.3. The van der Waals surface area contributed by atoms with Gasteiger partial charge in [-0.25, -0.2) is 9.97 Å². The zero-order valence-corrected chi connectivity index (χ0v) is 23.6. The molecule has 3 aromatic heterocycles. The van der Waals surface area contributed by atoms with Gasteiger partial charge in [-0.3, -0.25) is 9.69 Å². The molecule has 2 aliphatic heterocycles. The Morgan fingerprint density at radius 3 is 2.86 bits per heavy atom. The van der Waals surface area contributed by atoms with Crippen LogP contribution < -0.4 is 10.6 Å². The number of anilines is 1. The lowest BCUT2D eigenvalue weighted by atomic mass is 9.97. The van der Waals surface area contributed by atoms with Crippen molar-refractivity contribution in [3.8, 4) is 6.07 Å². The van der Waals surface area contributed by atoms with E-state index in [1.54, 1.807) is 6.07 Å². The second-order valence-corrected chi connectivity index (χ2v) is 12.2. The number of halogens is 3. The summed E-state index contributed by atoms with van der Waals surface area (Å²) in [5.41, 5.74) is 2.61. The van der Waals surface area contributed by atoms with E-state index in [2.05, 4.69) is 48.7 Å². The molecule has 0 spiro atoms. The van der Waals surface area contributed by atoms with Gasteiger partial charge in [-0.2, -0.15) is 18.4 Å². The zero-order chi connectivity index (χ0) is 29.3. The normalized spacial score (nSPS) is 21.7. The van der Waals surface area contributed by atoms with Crippen molar-refractivity contribution in [2.24, 2.45) is 0 Å². The molecule has 2 aliphatic rings. The SMILES string of the molecule is N#Cc1cc2cc(CN3CC[C@H](Nc4ncnc5sc(CC(F)(F)F)cc45)C(NC[C@H]4CCCN4C=O)C3)ccc2[nH]1. The van der Waals surface area contributed by atoms with Crippen LogP contribution in [0.2, 0.25) is 0 Å². The summed E-state index contributed by atoms with van der Waals surface area (Å²) in [6, 6.07) is 11.8. The van der Waals surface area contributed by atoms with Gasteiger partial charge in [0.2, 0.25) is 6.41 Å². The van der Waals surface area contributed by atoms with E-state index in [9.17, 15) is 23.2 Å². The number of carbonyl (C=O) groups excluding carboxylic acids is 1. The lowest BCUT2D eigenvalue weighted by Crippen LogP contribution is -2.57. The number of nitrogens with one attached hydrogen (secondary N) is 3. The molecule has 9 nitrogen and oxygen atoms in total. The molecule has 4 aromatic rings. The summed E-state index contributed by atoms with van der Waals surface area (Å²) in [5, 5.41) is 18.1. The largest absolute Gasteiger partial charge is 0.393 e. The standard InChI is InChI=1S/C29H31F3N8OS/c30-29(31,32)11-22-10-23-27(35-16-36-28(23)42-22)38-25-5-7-39(15-26(25)34-13-21-2-1-6-40(21)17-41)14-18-3-4-24-19(8-18)9-20(12-33)37-24/h3-4,8-10,16-17,21,25-26,34,37H,1-2,5-7,11,13-15H2,(H,35,36,38)/t21-,25+,26?/m1/s1. The van der Waals surface area contributed by atoms with E-state index in [0.29, 0.717) is 28.3 Å². The van der Waals surface area contributed by atoms with Gasteiger partial charge in [0.25, 0.3) is 0 Å². The van der Waals surface area contributed by atoms with E-state index < -0.39 is 12.6 Å². The smallest absolute Gasteiger partial charge is 0.365 e.